The number of sulfone groups is 1. The Bertz CT molecular complexity index is 969. The Labute approximate surface area is 173 Å². The summed E-state index contributed by atoms with van der Waals surface area (Å²) in [5.74, 6) is 0.113. The van der Waals surface area contributed by atoms with Crippen LogP contribution >= 0.6 is 0 Å². The number of rotatable bonds is 6. The molecule has 5 nitrogen and oxygen atoms in total. The van der Waals surface area contributed by atoms with Crippen molar-refractivity contribution in [1.29, 1.82) is 0 Å². The van der Waals surface area contributed by atoms with E-state index in [9.17, 15) is 18.3 Å². The van der Waals surface area contributed by atoms with E-state index in [4.69, 9.17) is 0 Å². The van der Waals surface area contributed by atoms with Crippen LogP contribution in [0.2, 0.25) is 0 Å². The van der Waals surface area contributed by atoms with Gasteiger partial charge in [-0.15, -0.1) is 0 Å². The third-order valence-electron chi connectivity index (χ3n) is 5.96. The molecular weight excluding hydrogens is 386 g/mol. The van der Waals surface area contributed by atoms with E-state index < -0.39 is 15.9 Å². The number of piperidine rings is 1. The monoisotopic (exact) mass is 415 g/mol. The highest BCUT2D eigenvalue weighted by molar-refractivity contribution is 7.90. The first-order chi connectivity index (χ1) is 13.7. The lowest BCUT2D eigenvalue weighted by Crippen LogP contribution is -2.41. The molecule has 1 heterocycles. The molecule has 156 valence electrons. The summed E-state index contributed by atoms with van der Waals surface area (Å²) < 4.78 is 23.6. The van der Waals surface area contributed by atoms with E-state index in [-0.39, 0.29) is 22.6 Å². The molecule has 2 aromatic carbocycles. The van der Waals surface area contributed by atoms with Crippen LogP contribution in [0.1, 0.15) is 41.9 Å². The molecule has 1 fully saturated rings. The maximum absolute atomic E-state index is 11.8. The van der Waals surface area contributed by atoms with Crippen LogP contribution in [-0.4, -0.2) is 50.3 Å². The van der Waals surface area contributed by atoms with Gasteiger partial charge >= 0.3 is 0 Å². The summed E-state index contributed by atoms with van der Waals surface area (Å²) in [6, 6.07) is 15.0. The van der Waals surface area contributed by atoms with Crippen LogP contribution < -0.4 is 0 Å². The van der Waals surface area contributed by atoms with Crippen LogP contribution in [0.5, 0.6) is 0 Å². The third-order valence-corrected chi connectivity index (χ3v) is 7.09. The van der Waals surface area contributed by atoms with Gasteiger partial charge < -0.3 is 10.0 Å². The zero-order valence-electron chi connectivity index (χ0n) is 17.2. The molecule has 0 saturated carbocycles. The van der Waals surface area contributed by atoms with Gasteiger partial charge in [-0.3, -0.25) is 4.79 Å². The molecule has 0 radical (unpaired) electrons. The topological polar surface area (TPSA) is 74.7 Å². The number of benzene rings is 2. The molecule has 1 aliphatic heterocycles. The Balaban J connectivity index is 1.90. The summed E-state index contributed by atoms with van der Waals surface area (Å²) in [7, 11) is -1.47. The molecule has 3 atom stereocenters. The fraction of sp³-hybridized carbons (Fsp3) is 0.435. The summed E-state index contributed by atoms with van der Waals surface area (Å²) in [6.45, 7) is 2.61. The van der Waals surface area contributed by atoms with Gasteiger partial charge in [-0.1, -0.05) is 36.4 Å². The Morgan fingerprint density at radius 3 is 2.38 bits per heavy atom. The molecule has 1 saturated heterocycles. The Morgan fingerprint density at radius 2 is 1.79 bits per heavy atom. The van der Waals surface area contributed by atoms with Crippen LogP contribution in [0.25, 0.3) is 0 Å². The van der Waals surface area contributed by atoms with Crippen molar-refractivity contribution >= 4 is 15.7 Å². The summed E-state index contributed by atoms with van der Waals surface area (Å²) in [4.78, 5) is 13.8. The summed E-state index contributed by atoms with van der Waals surface area (Å²) in [6.07, 6.45) is 2.33. The van der Waals surface area contributed by atoms with Gasteiger partial charge in [0.1, 0.15) is 0 Å². The van der Waals surface area contributed by atoms with Crippen molar-refractivity contribution in [3.05, 3.63) is 65.2 Å². The smallest absolute Gasteiger partial charge is 0.222 e. The van der Waals surface area contributed by atoms with Crippen molar-refractivity contribution in [2.45, 2.75) is 43.1 Å². The van der Waals surface area contributed by atoms with Gasteiger partial charge in [0.15, 0.2) is 9.84 Å². The van der Waals surface area contributed by atoms with E-state index in [2.05, 4.69) is 6.07 Å². The van der Waals surface area contributed by atoms with E-state index >= 15 is 0 Å². The van der Waals surface area contributed by atoms with Crippen molar-refractivity contribution < 1.29 is 18.3 Å². The van der Waals surface area contributed by atoms with E-state index in [0.29, 0.717) is 25.8 Å². The van der Waals surface area contributed by atoms with Gasteiger partial charge in [0.05, 0.1) is 11.0 Å². The van der Waals surface area contributed by atoms with Gasteiger partial charge in [-0.25, -0.2) is 8.42 Å². The Morgan fingerprint density at radius 1 is 1.14 bits per heavy atom. The second-order valence-electron chi connectivity index (χ2n) is 8.13. The predicted octanol–water partition coefficient (Wildman–Crippen LogP) is 3.15. The van der Waals surface area contributed by atoms with Crippen molar-refractivity contribution in [1.82, 2.24) is 4.90 Å². The lowest BCUT2D eigenvalue weighted by molar-refractivity contribution is -0.134. The summed E-state index contributed by atoms with van der Waals surface area (Å²) in [5, 5.41) is 11.0. The molecule has 1 N–H and O–H groups in total. The summed E-state index contributed by atoms with van der Waals surface area (Å²) >= 11 is 0. The molecule has 2 aromatic rings. The minimum atomic E-state index is -3.26. The molecule has 6 heteroatoms. The minimum absolute atomic E-state index is 0.0412. The van der Waals surface area contributed by atoms with Crippen LogP contribution in [0.4, 0.5) is 0 Å². The van der Waals surface area contributed by atoms with Gasteiger partial charge in [0.25, 0.3) is 0 Å². The number of aliphatic hydroxyl groups is 1. The quantitative estimate of drug-likeness (QED) is 0.786. The van der Waals surface area contributed by atoms with E-state index in [1.54, 1.807) is 24.1 Å². The minimum Gasteiger partial charge on any atom is -0.393 e. The van der Waals surface area contributed by atoms with Crippen molar-refractivity contribution in [3.63, 3.8) is 0 Å². The third kappa shape index (κ3) is 5.06. The average molecular weight is 416 g/mol. The number of aryl methyl sites for hydroxylation is 1. The van der Waals surface area contributed by atoms with Crippen LogP contribution in [0.15, 0.2) is 53.4 Å². The standard InChI is InChI=1S/C23H29NO4S/c1-16-6-4-5-7-20(16)21(17-8-11-19(12-9-17)29(3,27)28)14-22(25)18-10-13-23(26)24(2)15-18/h4-9,11-12,18,21-22,25H,10,13-15H2,1-3H3. The SMILES string of the molecule is Cc1ccccc1C(CC(O)C1CCC(=O)N(C)C1)c1ccc(S(C)(=O)=O)cc1. The maximum atomic E-state index is 11.8. The zero-order valence-corrected chi connectivity index (χ0v) is 18.0. The molecule has 3 rings (SSSR count). The Kier molecular flexibility index (Phi) is 6.44. The molecule has 0 aliphatic carbocycles. The van der Waals surface area contributed by atoms with E-state index in [1.165, 1.54) is 6.26 Å². The maximum Gasteiger partial charge on any atom is 0.222 e. The lowest BCUT2D eigenvalue weighted by Gasteiger charge is -2.34. The number of amides is 1. The highest BCUT2D eigenvalue weighted by Gasteiger charge is 2.31. The first kappa shape index (κ1) is 21.5. The highest BCUT2D eigenvalue weighted by Crippen LogP contribution is 2.35. The molecule has 3 unspecified atom stereocenters. The van der Waals surface area contributed by atoms with Gasteiger partial charge in [-0.05, 0) is 48.6 Å². The van der Waals surface area contributed by atoms with Crippen molar-refractivity contribution in [2.75, 3.05) is 19.8 Å². The zero-order chi connectivity index (χ0) is 21.2. The Hall–Kier alpha value is -2.18. The van der Waals surface area contributed by atoms with Crippen LogP contribution in [0.3, 0.4) is 0 Å². The van der Waals surface area contributed by atoms with Gasteiger partial charge in [0.2, 0.25) is 5.91 Å². The number of hydrogen-bond donors (Lipinski definition) is 1. The highest BCUT2D eigenvalue weighted by atomic mass is 32.2. The fourth-order valence-electron chi connectivity index (χ4n) is 4.16. The number of nitrogens with zero attached hydrogens (tertiary/aromatic N) is 1. The number of aliphatic hydroxyl groups excluding tert-OH is 1. The lowest BCUT2D eigenvalue weighted by atomic mass is 9.80. The largest absolute Gasteiger partial charge is 0.393 e. The first-order valence-corrected chi connectivity index (χ1v) is 11.8. The van der Waals surface area contributed by atoms with Crippen molar-refractivity contribution in [3.8, 4) is 0 Å². The first-order valence-electron chi connectivity index (χ1n) is 9.94. The second-order valence-corrected chi connectivity index (χ2v) is 10.1. The molecule has 0 spiro atoms. The number of likely N-dealkylation sites (tertiary alicyclic amines) is 1. The van der Waals surface area contributed by atoms with Gasteiger partial charge in [0, 0.05) is 38.1 Å². The number of carbonyl (C=O) groups excluding carboxylic acids is 1. The number of hydrogen-bond acceptors (Lipinski definition) is 4. The predicted molar refractivity (Wildman–Crippen MR) is 114 cm³/mol. The molecule has 0 aromatic heterocycles. The molecule has 29 heavy (non-hydrogen) atoms. The fourth-order valence-corrected chi connectivity index (χ4v) is 4.79. The molecule has 1 aliphatic rings. The van der Waals surface area contributed by atoms with Crippen LogP contribution in [-0.2, 0) is 14.6 Å². The molecular formula is C23H29NO4S. The van der Waals surface area contributed by atoms with Crippen molar-refractivity contribution in [2.24, 2.45) is 5.92 Å². The van der Waals surface area contributed by atoms with E-state index in [1.807, 2.05) is 37.3 Å². The van der Waals surface area contributed by atoms with Crippen LogP contribution in [0, 0.1) is 12.8 Å². The second kappa shape index (κ2) is 8.67. The average Bonchev–Trinajstić information content (AvgIpc) is 2.68. The van der Waals surface area contributed by atoms with E-state index in [0.717, 1.165) is 16.7 Å². The summed E-state index contributed by atoms with van der Waals surface area (Å²) in [5.41, 5.74) is 3.23. The normalized spacial score (nSPS) is 19.8. The number of carbonyl (C=O) groups is 1. The molecule has 1 amide bonds. The van der Waals surface area contributed by atoms with Gasteiger partial charge in [-0.2, -0.15) is 0 Å². The molecule has 0 bridgehead atoms.